The monoisotopic (exact) mass is 235 g/mol. The summed E-state index contributed by atoms with van der Waals surface area (Å²) >= 11 is 1.99. The van der Waals surface area contributed by atoms with Crippen molar-refractivity contribution in [1.29, 1.82) is 0 Å². The van der Waals surface area contributed by atoms with Gasteiger partial charge < -0.3 is 4.31 Å². The molecule has 0 aromatic heterocycles. The third-order valence-corrected chi connectivity index (χ3v) is 4.98. The van der Waals surface area contributed by atoms with Gasteiger partial charge in [0.25, 0.3) is 0 Å². The summed E-state index contributed by atoms with van der Waals surface area (Å²) in [5.41, 5.74) is 5.16. The van der Waals surface area contributed by atoms with Gasteiger partial charge >= 0.3 is 0 Å². The molecule has 0 unspecified atom stereocenters. The number of nitrogens with zero attached hydrogens (tertiary/aromatic N) is 1. The van der Waals surface area contributed by atoms with E-state index in [1.54, 1.807) is 0 Å². The second-order valence-electron chi connectivity index (χ2n) is 5.07. The van der Waals surface area contributed by atoms with E-state index in [0.29, 0.717) is 4.75 Å². The topological polar surface area (TPSA) is 3.24 Å². The second kappa shape index (κ2) is 3.99. The minimum atomic E-state index is 0.314. The third-order valence-electron chi connectivity index (χ3n) is 3.56. The Balaban J connectivity index is 2.52. The quantitative estimate of drug-likeness (QED) is 0.657. The van der Waals surface area contributed by atoms with Crippen molar-refractivity contribution in [3.8, 4) is 0 Å². The molecule has 1 heterocycles. The summed E-state index contributed by atoms with van der Waals surface area (Å²) in [6.45, 7) is 12.5. The molecule has 0 aromatic rings. The number of hydrogen-bond acceptors (Lipinski definition) is 2. The zero-order valence-corrected chi connectivity index (χ0v) is 11.4. The van der Waals surface area contributed by atoms with Crippen LogP contribution in [0.25, 0.3) is 0 Å². The van der Waals surface area contributed by atoms with Gasteiger partial charge in [-0.2, -0.15) is 0 Å². The fraction of sp³-hybridized carbons (Fsp3) is 0.571. The van der Waals surface area contributed by atoms with Crippen LogP contribution < -0.4 is 0 Å². The highest BCUT2D eigenvalue weighted by Crippen LogP contribution is 2.57. The van der Waals surface area contributed by atoms with E-state index >= 15 is 0 Å². The van der Waals surface area contributed by atoms with Crippen LogP contribution in [0.15, 0.2) is 35.6 Å². The van der Waals surface area contributed by atoms with Crippen LogP contribution in [-0.2, 0) is 0 Å². The lowest BCUT2D eigenvalue weighted by molar-refractivity contribution is 0.714. The summed E-state index contributed by atoms with van der Waals surface area (Å²) in [5.74, 6) is 0. The third kappa shape index (κ3) is 1.64. The Morgan fingerprint density at radius 2 is 1.75 bits per heavy atom. The highest BCUT2D eigenvalue weighted by atomic mass is 32.2. The second-order valence-corrected chi connectivity index (χ2v) is 6.59. The number of likely N-dealkylation sites (N-methyl/N-ethyl adjacent to an activating group) is 1. The van der Waals surface area contributed by atoms with Gasteiger partial charge in [0.15, 0.2) is 0 Å². The molecule has 1 saturated carbocycles. The van der Waals surface area contributed by atoms with Gasteiger partial charge in [0.2, 0.25) is 0 Å². The summed E-state index contributed by atoms with van der Waals surface area (Å²) in [6.07, 6.45) is 5.28. The van der Waals surface area contributed by atoms with Crippen LogP contribution in [0.5, 0.6) is 0 Å². The molecular formula is C14H21NS. The predicted molar refractivity (Wildman–Crippen MR) is 73.2 cm³/mol. The van der Waals surface area contributed by atoms with E-state index in [0.717, 1.165) is 5.57 Å². The summed E-state index contributed by atoms with van der Waals surface area (Å²) in [5, 5.41) is 0. The maximum Gasteiger partial charge on any atom is 0.0630 e. The molecule has 88 valence electrons. The number of hydrogen-bond donors (Lipinski definition) is 0. The normalized spacial score (nSPS) is 23.3. The summed E-state index contributed by atoms with van der Waals surface area (Å²) in [6, 6.07) is 0. The Morgan fingerprint density at radius 1 is 1.19 bits per heavy atom. The van der Waals surface area contributed by atoms with Crippen molar-refractivity contribution in [3.63, 3.8) is 0 Å². The van der Waals surface area contributed by atoms with E-state index in [1.807, 2.05) is 11.9 Å². The molecule has 16 heavy (non-hydrogen) atoms. The van der Waals surface area contributed by atoms with Crippen LogP contribution in [0.1, 0.15) is 39.5 Å². The molecule has 1 aliphatic carbocycles. The van der Waals surface area contributed by atoms with Crippen LogP contribution in [0.4, 0.5) is 0 Å². The van der Waals surface area contributed by atoms with E-state index < -0.39 is 0 Å². The molecule has 2 rings (SSSR count). The van der Waals surface area contributed by atoms with Crippen LogP contribution >= 0.6 is 11.9 Å². The van der Waals surface area contributed by atoms with Gasteiger partial charge in [-0.1, -0.05) is 31.6 Å². The molecule has 1 spiro atoms. The molecule has 0 saturated heterocycles. The molecule has 0 aromatic carbocycles. The molecule has 2 heteroatoms. The number of rotatable bonds is 2. The van der Waals surface area contributed by atoms with E-state index in [9.17, 15) is 0 Å². The van der Waals surface area contributed by atoms with E-state index in [4.69, 9.17) is 0 Å². The van der Waals surface area contributed by atoms with E-state index in [2.05, 4.69) is 38.4 Å². The van der Waals surface area contributed by atoms with Crippen LogP contribution in [0, 0.1) is 0 Å². The molecule has 0 atom stereocenters. The molecule has 1 fully saturated rings. The van der Waals surface area contributed by atoms with Crippen molar-refractivity contribution in [2.75, 3.05) is 7.05 Å². The van der Waals surface area contributed by atoms with Gasteiger partial charge in [0.1, 0.15) is 0 Å². The maximum atomic E-state index is 4.18. The minimum absolute atomic E-state index is 0.314. The molecule has 0 bridgehead atoms. The van der Waals surface area contributed by atoms with Crippen molar-refractivity contribution in [2.45, 2.75) is 44.3 Å². The Labute approximate surface area is 103 Å². The average Bonchev–Trinajstić information content (AvgIpc) is 2.72. The highest BCUT2D eigenvalue weighted by Gasteiger charge is 2.46. The Morgan fingerprint density at radius 3 is 2.19 bits per heavy atom. The fourth-order valence-corrected chi connectivity index (χ4v) is 4.78. The van der Waals surface area contributed by atoms with E-state index in [-0.39, 0.29) is 0 Å². The van der Waals surface area contributed by atoms with Crippen LogP contribution in [0.2, 0.25) is 0 Å². The fourth-order valence-electron chi connectivity index (χ4n) is 3.09. The van der Waals surface area contributed by atoms with Crippen LogP contribution in [-0.4, -0.2) is 16.1 Å². The largest absolute Gasteiger partial charge is 0.318 e. The van der Waals surface area contributed by atoms with Crippen molar-refractivity contribution >= 4 is 11.9 Å². The van der Waals surface area contributed by atoms with E-state index in [1.165, 1.54) is 42.5 Å². The SMILES string of the molecule is C=C(C)C1=C(C(=C)C)C2(CCCC2)SN1C. The lowest BCUT2D eigenvalue weighted by Gasteiger charge is -2.25. The molecule has 0 N–H and O–H groups in total. The molecule has 0 radical (unpaired) electrons. The number of allylic oxidation sites excluding steroid dienone is 2. The first-order chi connectivity index (χ1) is 7.48. The molecular weight excluding hydrogens is 214 g/mol. The van der Waals surface area contributed by atoms with Gasteiger partial charge in [-0.3, -0.25) is 0 Å². The first-order valence-electron chi connectivity index (χ1n) is 5.97. The van der Waals surface area contributed by atoms with Gasteiger partial charge in [-0.25, -0.2) is 0 Å². The molecule has 2 aliphatic rings. The molecule has 1 aliphatic heterocycles. The maximum absolute atomic E-state index is 4.18. The summed E-state index contributed by atoms with van der Waals surface area (Å²) in [4.78, 5) is 0. The first-order valence-corrected chi connectivity index (χ1v) is 6.75. The minimum Gasteiger partial charge on any atom is -0.318 e. The summed E-state index contributed by atoms with van der Waals surface area (Å²) in [7, 11) is 2.16. The predicted octanol–water partition coefficient (Wildman–Crippen LogP) is 4.30. The average molecular weight is 235 g/mol. The Bertz CT molecular complexity index is 372. The lowest BCUT2D eigenvalue weighted by atomic mass is 9.88. The highest BCUT2D eigenvalue weighted by molar-refractivity contribution is 7.99. The van der Waals surface area contributed by atoms with Gasteiger partial charge in [0.05, 0.1) is 10.4 Å². The van der Waals surface area contributed by atoms with Gasteiger partial charge in [-0.15, -0.1) is 0 Å². The Kier molecular flexibility index (Phi) is 2.95. The zero-order valence-electron chi connectivity index (χ0n) is 10.6. The summed E-state index contributed by atoms with van der Waals surface area (Å²) < 4.78 is 2.62. The zero-order chi connectivity index (χ0) is 11.9. The Hall–Kier alpha value is -0.630. The molecule has 1 nitrogen and oxygen atoms in total. The van der Waals surface area contributed by atoms with Gasteiger partial charge in [0, 0.05) is 7.05 Å². The molecule has 0 amide bonds. The van der Waals surface area contributed by atoms with Crippen molar-refractivity contribution in [1.82, 2.24) is 4.31 Å². The smallest absolute Gasteiger partial charge is 0.0630 e. The van der Waals surface area contributed by atoms with Crippen LogP contribution in [0.3, 0.4) is 0 Å². The lowest BCUT2D eigenvalue weighted by Crippen LogP contribution is -2.21. The van der Waals surface area contributed by atoms with Crippen molar-refractivity contribution < 1.29 is 0 Å². The van der Waals surface area contributed by atoms with Gasteiger partial charge in [-0.05, 0) is 49.8 Å². The standard InChI is InChI=1S/C14H21NS/c1-10(2)12-13(11(3)4)15(5)16-14(12)8-6-7-9-14/h1,3,6-9H2,2,4-5H3. The van der Waals surface area contributed by atoms with Crippen molar-refractivity contribution in [2.24, 2.45) is 0 Å². The van der Waals surface area contributed by atoms with Crippen molar-refractivity contribution in [3.05, 3.63) is 35.6 Å². The first kappa shape index (κ1) is 11.8.